The van der Waals surface area contributed by atoms with Gasteiger partial charge in [0, 0.05) is 41.5 Å². The average molecular weight is 308 g/mol. The van der Waals surface area contributed by atoms with Gasteiger partial charge in [0.15, 0.2) is 0 Å². The number of nitrogens with one attached hydrogen (secondary N) is 1. The van der Waals surface area contributed by atoms with Crippen molar-refractivity contribution in [1.29, 1.82) is 0 Å². The molecule has 0 atom stereocenters. The summed E-state index contributed by atoms with van der Waals surface area (Å²) in [6.07, 6.45) is 5.17. The Labute approximate surface area is 131 Å². The number of anilines is 1. The molecule has 2 aromatic carbocycles. The van der Waals surface area contributed by atoms with Gasteiger partial charge in [0.25, 0.3) is 11.6 Å². The van der Waals surface area contributed by atoms with E-state index in [2.05, 4.69) is 10.3 Å². The van der Waals surface area contributed by atoms with Gasteiger partial charge in [-0.15, -0.1) is 0 Å². The minimum Gasteiger partial charge on any atom is -0.322 e. The smallest absolute Gasteiger partial charge is 0.270 e. The molecule has 0 aliphatic carbocycles. The zero-order valence-corrected chi connectivity index (χ0v) is 11.9. The van der Waals surface area contributed by atoms with E-state index in [1.807, 2.05) is 22.9 Å². The fourth-order valence-corrected chi connectivity index (χ4v) is 2.09. The molecule has 3 rings (SSSR count). The van der Waals surface area contributed by atoms with Gasteiger partial charge in [0.2, 0.25) is 0 Å². The fraction of sp³-hybridized carbons (Fsp3) is 0. The van der Waals surface area contributed by atoms with Crippen LogP contribution in [0.5, 0.6) is 0 Å². The van der Waals surface area contributed by atoms with E-state index in [4.69, 9.17) is 0 Å². The van der Waals surface area contributed by atoms with Crippen LogP contribution in [0.3, 0.4) is 0 Å². The Morgan fingerprint density at radius 3 is 2.61 bits per heavy atom. The lowest BCUT2D eigenvalue weighted by Crippen LogP contribution is -2.12. The molecule has 0 unspecified atom stereocenters. The molecule has 0 aliphatic rings. The molecule has 7 nitrogen and oxygen atoms in total. The van der Waals surface area contributed by atoms with E-state index in [1.54, 1.807) is 24.7 Å². The van der Waals surface area contributed by atoms with Crippen LogP contribution in [0.2, 0.25) is 0 Å². The number of hydrogen-bond donors (Lipinski definition) is 1. The lowest BCUT2D eigenvalue weighted by molar-refractivity contribution is -0.384. The molecule has 1 N–H and O–H groups in total. The molecule has 0 saturated carbocycles. The first-order valence-electron chi connectivity index (χ1n) is 6.78. The zero-order chi connectivity index (χ0) is 16.2. The van der Waals surface area contributed by atoms with Crippen LogP contribution in [0.25, 0.3) is 5.69 Å². The molecule has 1 amide bonds. The Hall–Kier alpha value is -3.48. The summed E-state index contributed by atoms with van der Waals surface area (Å²) in [5.74, 6) is -0.399. The van der Waals surface area contributed by atoms with Crippen LogP contribution in [0, 0.1) is 10.1 Å². The Balaban J connectivity index is 1.75. The highest BCUT2D eigenvalue weighted by molar-refractivity contribution is 6.04. The van der Waals surface area contributed by atoms with Gasteiger partial charge in [-0.25, -0.2) is 4.98 Å². The van der Waals surface area contributed by atoms with Gasteiger partial charge in [-0.3, -0.25) is 14.9 Å². The van der Waals surface area contributed by atoms with E-state index in [9.17, 15) is 14.9 Å². The summed E-state index contributed by atoms with van der Waals surface area (Å²) in [4.78, 5) is 26.3. The van der Waals surface area contributed by atoms with Gasteiger partial charge in [-0.2, -0.15) is 0 Å². The summed E-state index contributed by atoms with van der Waals surface area (Å²) in [6.45, 7) is 0. The Morgan fingerprint density at radius 1 is 1.17 bits per heavy atom. The Bertz CT molecular complexity index is 842. The standard InChI is InChI=1S/C16H12N4O3/c21-16(12-2-1-3-15(10-12)20(22)23)18-13-4-6-14(7-5-13)19-9-8-17-11-19/h1-11H,(H,18,21). The van der Waals surface area contributed by atoms with E-state index >= 15 is 0 Å². The highest BCUT2D eigenvalue weighted by Crippen LogP contribution is 2.17. The number of nitro groups is 1. The second-order valence-electron chi connectivity index (χ2n) is 4.78. The summed E-state index contributed by atoms with van der Waals surface area (Å²) >= 11 is 0. The molecule has 0 bridgehead atoms. The van der Waals surface area contributed by atoms with Gasteiger partial charge in [0.05, 0.1) is 11.3 Å². The van der Waals surface area contributed by atoms with Gasteiger partial charge in [0.1, 0.15) is 0 Å². The molecule has 114 valence electrons. The summed E-state index contributed by atoms with van der Waals surface area (Å²) in [6, 6.07) is 12.8. The second kappa shape index (κ2) is 6.10. The van der Waals surface area contributed by atoms with Crippen molar-refractivity contribution in [1.82, 2.24) is 9.55 Å². The minimum atomic E-state index is -0.531. The monoisotopic (exact) mass is 308 g/mol. The molecule has 0 radical (unpaired) electrons. The first-order valence-corrected chi connectivity index (χ1v) is 6.78. The van der Waals surface area contributed by atoms with Gasteiger partial charge < -0.3 is 9.88 Å². The number of imidazole rings is 1. The number of benzene rings is 2. The highest BCUT2D eigenvalue weighted by Gasteiger charge is 2.11. The number of carbonyl (C=O) groups excluding carboxylic acids is 1. The van der Waals surface area contributed by atoms with E-state index in [-0.39, 0.29) is 11.3 Å². The van der Waals surface area contributed by atoms with Gasteiger partial charge in [-0.05, 0) is 30.3 Å². The maximum atomic E-state index is 12.2. The van der Waals surface area contributed by atoms with Crippen LogP contribution in [0.4, 0.5) is 11.4 Å². The summed E-state index contributed by atoms with van der Waals surface area (Å²) in [5.41, 5.74) is 1.63. The molecular weight excluding hydrogens is 296 g/mol. The lowest BCUT2D eigenvalue weighted by atomic mass is 10.2. The van der Waals surface area contributed by atoms with Crippen molar-refractivity contribution in [3.63, 3.8) is 0 Å². The normalized spacial score (nSPS) is 10.3. The third kappa shape index (κ3) is 3.24. The van der Waals surface area contributed by atoms with Crippen LogP contribution in [-0.2, 0) is 0 Å². The molecule has 1 heterocycles. The Kier molecular flexibility index (Phi) is 3.84. The average Bonchev–Trinajstić information content (AvgIpc) is 3.10. The zero-order valence-electron chi connectivity index (χ0n) is 11.9. The molecule has 0 fully saturated rings. The van der Waals surface area contributed by atoms with Crippen molar-refractivity contribution >= 4 is 17.3 Å². The van der Waals surface area contributed by atoms with E-state index in [0.717, 1.165) is 5.69 Å². The summed E-state index contributed by atoms with van der Waals surface area (Å²) in [7, 11) is 0. The first kappa shape index (κ1) is 14.5. The fourth-order valence-electron chi connectivity index (χ4n) is 2.09. The number of aromatic nitrogens is 2. The van der Waals surface area contributed by atoms with E-state index < -0.39 is 10.8 Å². The maximum Gasteiger partial charge on any atom is 0.270 e. The number of non-ortho nitro benzene ring substituents is 1. The molecule has 0 saturated heterocycles. The van der Waals surface area contributed by atoms with Crippen LogP contribution < -0.4 is 5.32 Å². The number of nitrogens with zero attached hydrogens (tertiary/aromatic N) is 3. The Morgan fingerprint density at radius 2 is 1.96 bits per heavy atom. The SMILES string of the molecule is O=C(Nc1ccc(-n2ccnc2)cc1)c1cccc([N+](=O)[O-])c1. The molecular formula is C16H12N4O3. The minimum absolute atomic E-state index is 0.117. The van der Waals surface area contributed by atoms with E-state index in [1.165, 1.54) is 24.3 Å². The number of rotatable bonds is 4. The van der Waals surface area contributed by atoms with Crippen molar-refractivity contribution in [3.8, 4) is 5.69 Å². The molecule has 3 aromatic rings. The molecule has 7 heteroatoms. The first-order chi connectivity index (χ1) is 11.1. The third-order valence-electron chi connectivity index (χ3n) is 3.25. The van der Waals surface area contributed by atoms with Crippen molar-refractivity contribution in [2.24, 2.45) is 0 Å². The van der Waals surface area contributed by atoms with Gasteiger partial charge in [-0.1, -0.05) is 6.07 Å². The van der Waals surface area contributed by atoms with Crippen molar-refractivity contribution in [2.75, 3.05) is 5.32 Å². The largest absolute Gasteiger partial charge is 0.322 e. The third-order valence-corrected chi connectivity index (χ3v) is 3.25. The van der Waals surface area contributed by atoms with Crippen LogP contribution in [-0.4, -0.2) is 20.4 Å². The topological polar surface area (TPSA) is 90.1 Å². The number of nitro benzene ring substituents is 1. The molecule has 23 heavy (non-hydrogen) atoms. The van der Waals surface area contributed by atoms with E-state index in [0.29, 0.717) is 5.69 Å². The molecule has 0 spiro atoms. The predicted molar refractivity (Wildman–Crippen MR) is 84.6 cm³/mol. The molecule has 0 aliphatic heterocycles. The quantitative estimate of drug-likeness (QED) is 0.592. The number of carbonyl (C=O) groups is 1. The van der Waals surface area contributed by atoms with Crippen molar-refractivity contribution < 1.29 is 9.72 Å². The molecule has 1 aromatic heterocycles. The predicted octanol–water partition coefficient (Wildman–Crippen LogP) is 3.03. The maximum absolute atomic E-state index is 12.2. The van der Waals surface area contributed by atoms with Crippen molar-refractivity contribution in [3.05, 3.63) is 82.9 Å². The lowest BCUT2D eigenvalue weighted by Gasteiger charge is -2.07. The van der Waals surface area contributed by atoms with Crippen LogP contribution in [0.15, 0.2) is 67.3 Å². The van der Waals surface area contributed by atoms with Crippen molar-refractivity contribution in [2.45, 2.75) is 0 Å². The number of amides is 1. The van der Waals surface area contributed by atoms with Crippen LogP contribution >= 0.6 is 0 Å². The van der Waals surface area contributed by atoms with Crippen LogP contribution in [0.1, 0.15) is 10.4 Å². The van der Waals surface area contributed by atoms with Gasteiger partial charge >= 0.3 is 0 Å². The summed E-state index contributed by atoms with van der Waals surface area (Å²) < 4.78 is 1.84. The second-order valence-corrected chi connectivity index (χ2v) is 4.78. The summed E-state index contributed by atoms with van der Waals surface area (Å²) in [5, 5.41) is 13.5. The highest BCUT2D eigenvalue weighted by atomic mass is 16.6. The number of hydrogen-bond acceptors (Lipinski definition) is 4.